The summed E-state index contributed by atoms with van der Waals surface area (Å²) in [6, 6.07) is 0.0499. The third-order valence-electron chi connectivity index (χ3n) is 4.49. The second kappa shape index (κ2) is 5.38. The molecule has 1 saturated carbocycles. The average Bonchev–Trinajstić information content (AvgIpc) is 2.64. The van der Waals surface area contributed by atoms with Crippen LogP contribution in [-0.2, 0) is 4.79 Å². The Hall–Kier alpha value is -0.570. The van der Waals surface area contributed by atoms with Crippen molar-refractivity contribution in [1.82, 2.24) is 10.2 Å². The predicted molar refractivity (Wildman–Crippen MR) is 69.5 cm³/mol. The summed E-state index contributed by atoms with van der Waals surface area (Å²) in [5, 5.41) is 3.34. The highest BCUT2D eigenvalue weighted by atomic mass is 16.2. The van der Waals surface area contributed by atoms with Crippen LogP contribution in [0.3, 0.4) is 0 Å². The Morgan fingerprint density at radius 2 is 2.06 bits per heavy atom. The van der Waals surface area contributed by atoms with Crippen LogP contribution in [0.1, 0.15) is 46.5 Å². The van der Waals surface area contributed by atoms with E-state index in [2.05, 4.69) is 26.1 Å². The Morgan fingerprint density at radius 3 is 2.65 bits per heavy atom. The monoisotopic (exact) mass is 238 g/mol. The lowest BCUT2D eigenvalue weighted by Gasteiger charge is -2.32. The van der Waals surface area contributed by atoms with E-state index in [0.717, 1.165) is 25.0 Å². The molecule has 1 saturated heterocycles. The summed E-state index contributed by atoms with van der Waals surface area (Å²) in [5.41, 5.74) is 0. The molecular formula is C14H26N2O. The zero-order valence-electron chi connectivity index (χ0n) is 11.4. The molecule has 17 heavy (non-hydrogen) atoms. The van der Waals surface area contributed by atoms with Crippen molar-refractivity contribution in [3.63, 3.8) is 0 Å². The molecule has 2 fully saturated rings. The van der Waals surface area contributed by atoms with Crippen LogP contribution < -0.4 is 5.32 Å². The molecule has 3 unspecified atom stereocenters. The normalized spacial score (nSPS) is 34.7. The largest absolute Gasteiger partial charge is 0.328 e. The van der Waals surface area contributed by atoms with Crippen molar-refractivity contribution < 1.29 is 4.79 Å². The van der Waals surface area contributed by atoms with Crippen molar-refractivity contribution in [1.29, 1.82) is 0 Å². The maximum atomic E-state index is 12.2. The molecule has 3 atom stereocenters. The van der Waals surface area contributed by atoms with Gasteiger partial charge in [-0.05, 0) is 24.2 Å². The van der Waals surface area contributed by atoms with Gasteiger partial charge < -0.3 is 4.90 Å². The van der Waals surface area contributed by atoms with Gasteiger partial charge in [0.25, 0.3) is 0 Å². The van der Waals surface area contributed by atoms with Crippen LogP contribution in [0.5, 0.6) is 0 Å². The minimum atomic E-state index is 0.0499. The molecule has 1 aliphatic carbocycles. The van der Waals surface area contributed by atoms with Gasteiger partial charge in [-0.1, -0.05) is 40.0 Å². The first kappa shape index (κ1) is 12.9. The van der Waals surface area contributed by atoms with Gasteiger partial charge in [-0.2, -0.15) is 0 Å². The molecule has 2 rings (SSSR count). The topological polar surface area (TPSA) is 32.3 Å². The number of nitrogens with zero attached hydrogens (tertiary/aromatic N) is 1. The number of hydrogen-bond acceptors (Lipinski definition) is 2. The Balaban J connectivity index is 1.89. The molecular weight excluding hydrogens is 212 g/mol. The number of hydrogen-bond donors (Lipinski definition) is 1. The summed E-state index contributed by atoms with van der Waals surface area (Å²) in [4.78, 5) is 14.2. The third kappa shape index (κ3) is 2.82. The second-order valence-corrected chi connectivity index (χ2v) is 6.17. The standard InChI is InChI=1S/C14H26N2O/c1-10(2)13-14(17)16(9-15-13)8-12-7-5-4-6-11(12)3/h10-13,15H,4-9H2,1-3H3. The van der Waals surface area contributed by atoms with Gasteiger partial charge in [0.2, 0.25) is 5.91 Å². The first-order chi connectivity index (χ1) is 8.09. The number of carbonyl (C=O) groups is 1. The van der Waals surface area contributed by atoms with Gasteiger partial charge in [-0.15, -0.1) is 0 Å². The summed E-state index contributed by atoms with van der Waals surface area (Å²) in [6.45, 7) is 8.30. The quantitative estimate of drug-likeness (QED) is 0.817. The minimum absolute atomic E-state index is 0.0499. The Bertz CT molecular complexity index is 277. The molecule has 3 heteroatoms. The summed E-state index contributed by atoms with van der Waals surface area (Å²) in [7, 11) is 0. The fourth-order valence-electron chi connectivity index (χ4n) is 3.19. The Kier molecular flexibility index (Phi) is 4.08. The molecule has 0 aromatic carbocycles. The summed E-state index contributed by atoms with van der Waals surface area (Å²) in [6.07, 6.45) is 5.36. The number of amides is 1. The molecule has 3 nitrogen and oxygen atoms in total. The maximum absolute atomic E-state index is 12.2. The van der Waals surface area contributed by atoms with Crippen molar-refractivity contribution in [2.75, 3.05) is 13.2 Å². The lowest BCUT2D eigenvalue weighted by molar-refractivity contribution is -0.130. The van der Waals surface area contributed by atoms with E-state index in [9.17, 15) is 4.79 Å². The first-order valence-corrected chi connectivity index (χ1v) is 7.11. The van der Waals surface area contributed by atoms with Gasteiger partial charge in [-0.3, -0.25) is 10.1 Å². The van der Waals surface area contributed by atoms with E-state index in [0.29, 0.717) is 11.8 Å². The fourth-order valence-corrected chi connectivity index (χ4v) is 3.19. The third-order valence-corrected chi connectivity index (χ3v) is 4.49. The molecule has 1 amide bonds. The van der Waals surface area contributed by atoms with Crippen LogP contribution in [0.2, 0.25) is 0 Å². The maximum Gasteiger partial charge on any atom is 0.241 e. The first-order valence-electron chi connectivity index (χ1n) is 7.11. The van der Waals surface area contributed by atoms with Gasteiger partial charge >= 0.3 is 0 Å². The van der Waals surface area contributed by atoms with Crippen LogP contribution in [0.4, 0.5) is 0 Å². The van der Waals surface area contributed by atoms with Crippen LogP contribution in [0.15, 0.2) is 0 Å². The average molecular weight is 238 g/mol. The zero-order chi connectivity index (χ0) is 12.4. The van der Waals surface area contributed by atoms with E-state index in [1.165, 1.54) is 25.7 Å². The van der Waals surface area contributed by atoms with E-state index >= 15 is 0 Å². The molecule has 0 spiro atoms. The molecule has 0 aromatic rings. The van der Waals surface area contributed by atoms with Crippen molar-refractivity contribution in [3.05, 3.63) is 0 Å². The minimum Gasteiger partial charge on any atom is -0.328 e. The highest BCUT2D eigenvalue weighted by Crippen LogP contribution is 2.30. The van der Waals surface area contributed by atoms with E-state index in [-0.39, 0.29) is 6.04 Å². The van der Waals surface area contributed by atoms with Gasteiger partial charge in [0.15, 0.2) is 0 Å². The molecule has 1 aliphatic heterocycles. The highest BCUT2D eigenvalue weighted by molar-refractivity contribution is 5.84. The number of nitrogens with one attached hydrogen (secondary N) is 1. The summed E-state index contributed by atoms with van der Waals surface area (Å²) in [5.74, 6) is 2.23. The fraction of sp³-hybridized carbons (Fsp3) is 0.929. The Morgan fingerprint density at radius 1 is 1.35 bits per heavy atom. The van der Waals surface area contributed by atoms with E-state index < -0.39 is 0 Å². The van der Waals surface area contributed by atoms with Crippen molar-refractivity contribution in [2.45, 2.75) is 52.5 Å². The highest BCUT2D eigenvalue weighted by Gasteiger charge is 2.35. The van der Waals surface area contributed by atoms with Crippen LogP contribution in [-0.4, -0.2) is 30.1 Å². The van der Waals surface area contributed by atoms with E-state index in [4.69, 9.17) is 0 Å². The summed E-state index contributed by atoms with van der Waals surface area (Å²) >= 11 is 0. The molecule has 0 bridgehead atoms. The van der Waals surface area contributed by atoms with E-state index in [1.807, 2.05) is 4.90 Å². The Labute approximate surface area is 105 Å². The van der Waals surface area contributed by atoms with Crippen molar-refractivity contribution in [2.24, 2.45) is 17.8 Å². The molecule has 1 N–H and O–H groups in total. The lowest BCUT2D eigenvalue weighted by atomic mass is 9.80. The van der Waals surface area contributed by atoms with Gasteiger partial charge in [0.1, 0.15) is 0 Å². The molecule has 98 valence electrons. The van der Waals surface area contributed by atoms with E-state index in [1.54, 1.807) is 0 Å². The van der Waals surface area contributed by atoms with Gasteiger partial charge in [-0.25, -0.2) is 0 Å². The van der Waals surface area contributed by atoms with Gasteiger partial charge in [0, 0.05) is 6.54 Å². The zero-order valence-corrected chi connectivity index (χ0v) is 11.4. The molecule has 2 aliphatic rings. The lowest BCUT2D eigenvalue weighted by Crippen LogP contribution is -2.38. The van der Waals surface area contributed by atoms with Crippen LogP contribution in [0, 0.1) is 17.8 Å². The number of carbonyl (C=O) groups excluding carboxylic acids is 1. The SMILES string of the molecule is CC(C)C1NCN(CC2CCCCC2C)C1=O. The van der Waals surface area contributed by atoms with Gasteiger partial charge in [0.05, 0.1) is 12.7 Å². The van der Waals surface area contributed by atoms with Crippen molar-refractivity contribution in [3.8, 4) is 0 Å². The van der Waals surface area contributed by atoms with Crippen molar-refractivity contribution >= 4 is 5.91 Å². The molecule has 0 aromatic heterocycles. The summed E-state index contributed by atoms with van der Waals surface area (Å²) < 4.78 is 0. The predicted octanol–water partition coefficient (Wildman–Crippen LogP) is 2.23. The smallest absolute Gasteiger partial charge is 0.241 e. The number of rotatable bonds is 3. The second-order valence-electron chi connectivity index (χ2n) is 6.17. The molecule has 1 heterocycles. The van der Waals surface area contributed by atoms with Crippen LogP contribution in [0.25, 0.3) is 0 Å². The molecule has 0 radical (unpaired) electrons. The van der Waals surface area contributed by atoms with Crippen LogP contribution >= 0.6 is 0 Å².